The van der Waals surface area contributed by atoms with E-state index in [1.807, 2.05) is 58.0 Å². The van der Waals surface area contributed by atoms with Gasteiger partial charge in [0.05, 0.1) is 25.5 Å². The van der Waals surface area contributed by atoms with Crippen LogP contribution in [0, 0.1) is 17.8 Å². The number of aliphatic carboxylic acids is 2. The van der Waals surface area contributed by atoms with E-state index in [9.17, 15) is 107 Å². The first-order valence-electron chi connectivity index (χ1n) is 41.3. The van der Waals surface area contributed by atoms with Gasteiger partial charge in [0, 0.05) is 89.1 Å². The van der Waals surface area contributed by atoms with Crippen molar-refractivity contribution < 1.29 is 117 Å². The van der Waals surface area contributed by atoms with Crippen LogP contribution < -0.4 is 75.0 Å². The van der Waals surface area contributed by atoms with E-state index in [-0.39, 0.29) is 90.9 Å². The highest BCUT2D eigenvalue weighted by molar-refractivity contribution is 8.76. The van der Waals surface area contributed by atoms with Crippen LogP contribution in [0.25, 0.3) is 11.1 Å². The average molecular weight is 1810 g/mol. The lowest BCUT2D eigenvalue weighted by Gasteiger charge is -2.29. The Kier molecular flexibility index (Phi) is 45.4. The maximum atomic E-state index is 14.4. The van der Waals surface area contributed by atoms with Crippen LogP contribution in [0.1, 0.15) is 116 Å². The number of likely N-dealkylation sites (tertiary alicyclic amines) is 1. The van der Waals surface area contributed by atoms with E-state index in [2.05, 4.69) is 86.0 Å². The topological polar surface area (TPSA) is 611 Å². The summed E-state index contributed by atoms with van der Waals surface area (Å²) in [6, 6.07) is 13.4. The summed E-state index contributed by atoms with van der Waals surface area (Å²) in [5, 5.41) is 83.1. The number of rotatable bonds is 39. The third-order valence-electron chi connectivity index (χ3n) is 20.0. The van der Waals surface area contributed by atoms with Crippen molar-refractivity contribution in [2.75, 3.05) is 71.0 Å². The summed E-state index contributed by atoms with van der Waals surface area (Å²) in [7, 11) is 3.45. The molecule has 12 atom stereocenters. The number of likely N-dealkylation sites (N-methyl/N-ethyl adjacent to an activating group) is 1. The summed E-state index contributed by atoms with van der Waals surface area (Å²) in [5.41, 5.74) is 10.5. The molecule has 0 bridgehead atoms. The average Bonchev–Trinajstić information content (AvgIpc) is 1.75. The number of carbonyl (C=O) groups excluding carboxylic acids is 15. The van der Waals surface area contributed by atoms with Crippen LogP contribution in [0.5, 0.6) is 11.5 Å². The molecule has 16 amide bonds. The molecular weight excluding hydrogens is 1700 g/mol. The highest BCUT2D eigenvalue weighted by atomic mass is 33.1. The van der Waals surface area contributed by atoms with Crippen LogP contribution in [0.3, 0.4) is 0 Å². The molecule has 41 nitrogen and oxygen atoms in total. The summed E-state index contributed by atoms with van der Waals surface area (Å²) in [6.07, 6.45) is 0.152. The number of oxime groups is 1. The number of carboxylic acid groups (broad SMARTS) is 2. The van der Waals surface area contributed by atoms with E-state index in [0.29, 0.717) is 81.4 Å². The van der Waals surface area contributed by atoms with Crippen LogP contribution in [0.4, 0.5) is 4.79 Å². The minimum Gasteiger partial charge on any atom is -0.508 e. The molecule has 20 N–H and O–H groups in total. The zero-order valence-electron chi connectivity index (χ0n) is 71.8. The first-order chi connectivity index (χ1) is 60.4. The fourth-order valence-corrected chi connectivity index (χ4v) is 15.4. The molecule has 4 aromatic carbocycles. The predicted molar refractivity (Wildman–Crippen MR) is 466 cm³/mol. The Morgan fingerprint density at radius 2 is 1.22 bits per heavy atom. The number of hydrogen-bond donors (Lipinski definition) is 19. The van der Waals surface area contributed by atoms with Gasteiger partial charge in [0.15, 0.2) is 13.2 Å². The number of aromatic hydroxyl groups is 2. The lowest BCUT2D eigenvalue weighted by Crippen LogP contribution is -2.61. The highest BCUT2D eigenvalue weighted by Crippen LogP contribution is 2.27. The summed E-state index contributed by atoms with van der Waals surface area (Å²) in [6.45, 7) is 13.9. The lowest BCUT2D eigenvalue weighted by molar-refractivity contribution is -0.141. The Labute approximate surface area is 742 Å². The minimum absolute atomic E-state index is 0.0202. The van der Waals surface area contributed by atoms with Crippen LogP contribution in [-0.4, -0.2) is 274 Å². The number of hydroxylamine groups is 1. The second kappa shape index (κ2) is 55.0. The molecular formula is C84H117N17O24S2. The third-order valence-corrected chi connectivity index (χ3v) is 22.5. The molecule has 0 aromatic heterocycles. The number of urea groups is 1. The molecule has 694 valence electrons. The molecule has 2 unspecified atom stereocenters. The van der Waals surface area contributed by atoms with Gasteiger partial charge >= 0.3 is 18.0 Å². The van der Waals surface area contributed by atoms with Crippen LogP contribution in [0.15, 0.2) is 108 Å². The lowest BCUT2D eigenvalue weighted by atomic mass is 9.99. The van der Waals surface area contributed by atoms with Gasteiger partial charge in [-0.1, -0.05) is 135 Å². The minimum atomic E-state index is -1.81. The Morgan fingerprint density at radius 3 is 1.80 bits per heavy atom. The van der Waals surface area contributed by atoms with Gasteiger partial charge in [-0.2, -0.15) is 0 Å². The molecule has 2 heterocycles. The predicted octanol–water partition coefficient (Wildman–Crippen LogP) is -0.572. The van der Waals surface area contributed by atoms with E-state index in [1.165, 1.54) is 67.4 Å². The zero-order valence-corrected chi connectivity index (χ0v) is 73.4. The summed E-state index contributed by atoms with van der Waals surface area (Å²) < 4.78 is 0. The number of aliphatic hydroxyl groups is 1. The summed E-state index contributed by atoms with van der Waals surface area (Å²) >= 11 is 0. The van der Waals surface area contributed by atoms with Crippen molar-refractivity contribution in [1.29, 1.82) is 0 Å². The number of hydrogen-bond acceptors (Lipinski definition) is 25. The first-order valence-corrected chi connectivity index (χ1v) is 43.7. The van der Waals surface area contributed by atoms with Crippen molar-refractivity contribution in [3.8, 4) is 22.6 Å². The first kappa shape index (κ1) is 105. The maximum absolute atomic E-state index is 14.4. The van der Waals surface area contributed by atoms with Gasteiger partial charge in [0.25, 0.3) is 5.91 Å². The molecule has 0 radical (unpaired) electrons. The number of carbonyl (C=O) groups is 17. The molecule has 2 aliphatic heterocycles. The number of benzene rings is 4. The molecule has 43 heteroatoms. The zero-order chi connectivity index (χ0) is 93.8. The second-order valence-electron chi connectivity index (χ2n) is 30.6. The van der Waals surface area contributed by atoms with Crippen molar-refractivity contribution in [1.82, 2.24) is 79.1 Å². The summed E-state index contributed by atoms with van der Waals surface area (Å²) in [5.74, 6) is -15.3. The molecule has 2 fully saturated rings. The number of amides is 16. The highest BCUT2D eigenvalue weighted by Gasteiger charge is 2.40. The van der Waals surface area contributed by atoms with E-state index >= 15 is 0 Å². The maximum Gasteiger partial charge on any atom is 0.339 e. The SMILES string of the molecule is C=NOCC(=O)NCCN(CCCCCNC(=O)CONC(=O)N[C@@H](CC(C)C)C(=O)N1CCC[C@H]1C(=O)NC)C(=O)C(C)CC.CC(O)[C@@H]1NC(=O)CNC(=O)[C@H](Cc2ccc(O)cc2)NC(=O)[C@H](Cc2ccc(O)cc2)NC(=O)[C@H](CC(=O)O)NC(=O)[C@@H](C)CSSC[C@@H](C(=O)N[C@@H](Cc2ccc(-c3ccccc3)cc2)C(=O)N[C@H](CC(=O)O)C(N)=O)NC1=O. The number of carboxylic acids is 2. The molecule has 127 heavy (non-hydrogen) atoms. The second-order valence-corrected chi connectivity index (χ2v) is 33.1. The van der Waals surface area contributed by atoms with Crippen LogP contribution in [-0.2, 0) is 106 Å². The van der Waals surface area contributed by atoms with Gasteiger partial charge in [0.2, 0.25) is 76.8 Å². The number of primary amides is 1. The van der Waals surface area contributed by atoms with Crippen molar-refractivity contribution in [2.45, 2.75) is 179 Å². The fourth-order valence-electron chi connectivity index (χ4n) is 12.9. The molecule has 0 spiro atoms. The largest absolute Gasteiger partial charge is 0.508 e. The fraction of sp³-hybridized carbons (Fsp3) is 0.500. The Morgan fingerprint density at radius 1 is 0.638 bits per heavy atom. The molecule has 0 aliphatic carbocycles. The molecule has 2 saturated heterocycles. The van der Waals surface area contributed by atoms with Crippen molar-refractivity contribution >= 4 is 129 Å². The number of aliphatic hydroxyl groups excluding tert-OH is 1. The van der Waals surface area contributed by atoms with Gasteiger partial charge in [-0.15, -0.1) is 5.16 Å². The molecule has 2 aliphatic rings. The number of unbranched alkanes of at least 4 members (excludes halogenated alkanes) is 2. The number of nitrogens with one attached hydrogen (secondary N) is 13. The van der Waals surface area contributed by atoms with Crippen molar-refractivity contribution in [3.63, 3.8) is 0 Å². The van der Waals surface area contributed by atoms with E-state index < -0.39 is 169 Å². The van der Waals surface area contributed by atoms with Crippen molar-refractivity contribution in [2.24, 2.45) is 28.6 Å². The molecule has 6 rings (SSSR count). The van der Waals surface area contributed by atoms with Gasteiger partial charge in [0.1, 0.15) is 65.9 Å². The Bertz CT molecular complexity index is 4390. The van der Waals surface area contributed by atoms with Gasteiger partial charge < -0.3 is 110 Å². The normalized spacial score (nSPS) is 19.0. The number of phenolic OH excluding ortho intramolecular Hbond substituents is 2. The van der Waals surface area contributed by atoms with E-state index in [1.54, 1.807) is 29.2 Å². The van der Waals surface area contributed by atoms with E-state index in [0.717, 1.165) is 46.1 Å². The number of nitrogens with two attached hydrogens (primary N) is 1. The third kappa shape index (κ3) is 38.0. The van der Waals surface area contributed by atoms with Crippen molar-refractivity contribution in [3.05, 3.63) is 120 Å². The summed E-state index contributed by atoms with van der Waals surface area (Å²) in [4.78, 5) is 235. The molecule has 0 saturated carbocycles. The quantitative estimate of drug-likeness (QED) is 0.0115. The number of nitrogens with zero attached hydrogens (tertiary/aromatic N) is 3. The number of phenols is 2. The smallest absolute Gasteiger partial charge is 0.339 e. The molecule has 4 aromatic rings. The van der Waals surface area contributed by atoms with Crippen LogP contribution in [0.2, 0.25) is 0 Å². The monoisotopic (exact) mass is 1810 g/mol. The van der Waals surface area contributed by atoms with Gasteiger partial charge in [-0.3, -0.25) is 81.6 Å². The van der Waals surface area contributed by atoms with Gasteiger partial charge in [-0.25, -0.2) is 10.3 Å². The Hall–Kier alpha value is -12.6. The van der Waals surface area contributed by atoms with Crippen LogP contribution >= 0.6 is 21.6 Å². The van der Waals surface area contributed by atoms with Gasteiger partial charge in [-0.05, 0) is 110 Å². The standard InChI is InChI=1S/C54H63N9O16S2.C30H54N8O8/c1-28-26-80-81-27-42(53(78)61-39(50(75)57-37(47(55)72)23-44(68)69)21-30-8-14-34(15-9-30)33-6-4-3-5-7-33)62-54(79)46(29(2)64)63-43(67)25-56-49(74)38(20-31-10-16-35(65)17-11-31)59-51(76)40(22-32-12-18-36(66)19-13-32)60-52(77)41(24-45(70)71)58-48(28)73;1-7-22(4)28(42)37(17-14-34-25(39)19-45-32-6)15-10-8-9-13-33-26(40)20-46-36-30(44)35-23(18-21(2)3)29(43)38-16-11-12-24(38)27(41)31-5/h3-19,28-29,37-42,46,64-66H,20-27H2,1-2H3,(H2,55,72)(H,56,74)(H,57,75)(H,58,73)(H,59,76)(H,60,77)(H,61,78)(H,62,79)(H,63,67)(H,68,69)(H,70,71);21-24H,6-20H2,1-5H3,(H,31,41)(H,33,40)(H,34,39)(H2,35,36,44)/t28-,29?,37+,38-,39-,40-,41-,42-,46-;22?,23-,24-/m00/s1. The van der Waals surface area contributed by atoms with E-state index in [4.69, 9.17) is 10.6 Å². The Balaban J connectivity index is 0.000000527.